The first-order valence-electron chi connectivity index (χ1n) is 9.39. The van der Waals surface area contributed by atoms with Gasteiger partial charge in [-0.3, -0.25) is 0 Å². The van der Waals surface area contributed by atoms with Crippen molar-refractivity contribution in [1.82, 2.24) is 14.7 Å². The zero-order valence-corrected chi connectivity index (χ0v) is 16.8. The number of fused-ring (bicyclic) bond motifs is 1. The molecule has 1 heterocycles. The minimum atomic E-state index is -3.78. The molecule has 0 saturated heterocycles. The highest BCUT2D eigenvalue weighted by molar-refractivity contribution is 7.89. The molecule has 9 heteroatoms. The average Bonchev–Trinajstić information content (AvgIpc) is 3.18. The quantitative estimate of drug-likeness (QED) is 0.338. The van der Waals surface area contributed by atoms with Crippen LogP contribution >= 0.6 is 0 Å². The normalized spacial score (nSPS) is 12.7. The maximum absolute atomic E-state index is 12.9. The Morgan fingerprint density at radius 1 is 0.933 bits per heavy atom. The summed E-state index contributed by atoms with van der Waals surface area (Å²) in [6.07, 6.45) is 0.327. The van der Waals surface area contributed by atoms with Crippen molar-refractivity contribution in [1.29, 1.82) is 0 Å². The van der Waals surface area contributed by atoms with Crippen LogP contribution in [0, 0.1) is 0 Å². The number of hydrogen-bond donors (Lipinski definition) is 4. The van der Waals surface area contributed by atoms with Crippen molar-refractivity contribution in [2.75, 3.05) is 0 Å². The number of aromatic amines is 1. The number of rotatable bonds is 7. The Labute approximate surface area is 174 Å². The summed E-state index contributed by atoms with van der Waals surface area (Å²) in [4.78, 5) is 7.94. The molecule has 1 atom stereocenters. The van der Waals surface area contributed by atoms with E-state index in [1.54, 1.807) is 42.5 Å². The lowest BCUT2D eigenvalue weighted by Gasteiger charge is -2.17. The predicted octanol–water partition coefficient (Wildman–Crippen LogP) is 1.51. The van der Waals surface area contributed by atoms with Crippen molar-refractivity contribution in [2.24, 2.45) is 0 Å². The molecule has 30 heavy (non-hydrogen) atoms. The topological polar surface area (TPSA) is 115 Å². The van der Waals surface area contributed by atoms with Gasteiger partial charge in [-0.15, -0.1) is 0 Å². The Morgan fingerprint density at radius 2 is 1.60 bits per heavy atom. The third-order valence-corrected chi connectivity index (χ3v) is 6.29. The van der Waals surface area contributed by atoms with Crippen LogP contribution in [0.25, 0.3) is 11.0 Å². The Kier molecular flexibility index (Phi) is 5.69. The lowest BCUT2D eigenvalue weighted by atomic mass is 9.80. The van der Waals surface area contributed by atoms with E-state index in [0.717, 1.165) is 16.6 Å². The van der Waals surface area contributed by atoms with E-state index in [0.29, 0.717) is 17.7 Å². The molecule has 0 aliphatic heterocycles. The molecule has 3 aromatic carbocycles. The summed E-state index contributed by atoms with van der Waals surface area (Å²) in [5, 5.41) is 18.6. The highest BCUT2D eigenvalue weighted by Crippen LogP contribution is 2.22. The van der Waals surface area contributed by atoms with Crippen LogP contribution in [0.3, 0.4) is 0 Å². The second-order valence-corrected chi connectivity index (χ2v) is 8.66. The second-order valence-electron chi connectivity index (χ2n) is 6.95. The first kappa shape index (κ1) is 20.3. The van der Waals surface area contributed by atoms with Gasteiger partial charge in [-0.1, -0.05) is 54.6 Å². The van der Waals surface area contributed by atoms with Gasteiger partial charge in [0.15, 0.2) is 0 Å². The van der Waals surface area contributed by atoms with Crippen molar-refractivity contribution in [2.45, 2.75) is 17.4 Å². The van der Waals surface area contributed by atoms with E-state index >= 15 is 0 Å². The number of imidazole rings is 1. The van der Waals surface area contributed by atoms with Crippen LogP contribution < -0.4 is 10.2 Å². The van der Waals surface area contributed by atoms with Crippen molar-refractivity contribution < 1.29 is 18.5 Å². The zero-order valence-electron chi connectivity index (χ0n) is 15.9. The highest BCUT2D eigenvalue weighted by Gasteiger charge is 2.24. The SMILES string of the molecule is O=S(=O)(N[C@@H](Cc1ccc(B(O)O)cc1)c1nc2ccccc2[nH]1)c1ccccc1. The summed E-state index contributed by atoms with van der Waals surface area (Å²) >= 11 is 0. The van der Waals surface area contributed by atoms with Crippen LogP contribution in [0.2, 0.25) is 0 Å². The number of para-hydroxylation sites is 2. The van der Waals surface area contributed by atoms with Crippen LogP contribution in [-0.2, 0) is 16.4 Å². The molecule has 0 unspecified atom stereocenters. The summed E-state index contributed by atoms with van der Waals surface area (Å²) < 4.78 is 28.6. The molecule has 0 spiro atoms. The van der Waals surface area contributed by atoms with E-state index in [4.69, 9.17) is 0 Å². The summed E-state index contributed by atoms with van der Waals surface area (Å²) in [5.74, 6) is 0.502. The Bertz CT molecular complexity index is 1210. The summed E-state index contributed by atoms with van der Waals surface area (Å²) in [7, 11) is -5.33. The Hall–Kier alpha value is -2.98. The molecular formula is C21H20BN3O4S. The monoisotopic (exact) mass is 421 g/mol. The number of H-pyrrole nitrogens is 1. The first-order valence-corrected chi connectivity index (χ1v) is 10.9. The molecule has 7 nitrogen and oxygen atoms in total. The highest BCUT2D eigenvalue weighted by atomic mass is 32.2. The van der Waals surface area contributed by atoms with E-state index in [2.05, 4.69) is 14.7 Å². The molecule has 0 aliphatic rings. The van der Waals surface area contributed by atoms with Gasteiger partial charge in [-0.25, -0.2) is 18.1 Å². The molecule has 0 fully saturated rings. The number of nitrogens with zero attached hydrogens (tertiary/aromatic N) is 1. The van der Waals surface area contributed by atoms with Crippen molar-refractivity contribution in [3.8, 4) is 0 Å². The van der Waals surface area contributed by atoms with Gasteiger partial charge in [0.1, 0.15) is 5.82 Å². The van der Waals surface area contributed by atoms with E-state index in [1.807, 2.05) is 24.3 Å². The molecule has 4 aromatic rings. The average molecular weight is 421 g/mol. The van der Waals surface area contributed by atoms with Gasteiger partial charge in [0.05, 0.1) is 22.0 Å². The standard InChI is InChI=1S/C21H20BN3O4S/c26-22(27)16-12-10-15(11-13-16)14-20(21-23-18-8-4-5-9-19(18)24-21)25-30(28,29)17-6-2-1-3-7-17/h1-13,20,25-27H,14H2,(H,23,24)/t20-/m0/s1. The second kappa shape index (κ2) is 8.41. The van der Waals surface area contributed by atoms with Crippen molar-refractivity contribution in [3.63, 3.8) is 0 Å². The molecule has 0 saturated carbocycles. The molecular weight excluding hydrogens is 401 g/mol. The third-order valence-electron chi connectivity index (χ3n) is 4.81. The minimum Gasteiger partial charge on any atom is -0.423 e. The van der Waals surface area contributed by atoms with E-state index in [1.165, 1.54) is 12.1 Å². The molecule has 4 N–H and O–H groups in total. The van der Waals surface area contributed by atoms with Gasteiger partial charge in [0, 0.05) is 0 Å². The molecule has 0 aliphatic carbocycles. The van der Waals surface area contributed by atoms with Crippen LogP contribution in [0.15, 0.2) is 83.8 Å². The largest absolute Gasteiger partial charge is 0.488 e. The Balaban J connectivity index is 1.69. The van der Waals surface area contributed by atoms with Gasteiger partial charge in [0.25, 0.3) is 0 Å². The third kappa shape index (κ3) is 4.44. The van der Waals surface area contributed by atoms with Gasteiger partial charge >= 0.3 is 7.12 Å². The van der Waals surface area contributed by atoms with E-state index in [-0.39, 0.29) is 4.90 Å². The number of hydrogen-bond acceptors (Lipinski definition) is 5. The molecule has 0 amide bonds. The molecule has 152 valence electrons. The summed E-state index contributed by atoms with van der Waals surface area (Å²) in [6.45, 7) is 0. The van der Waals surface area contributed by atoms with E-state index < -0.39 is 23.2 Å². The summed E-state index contributed by atoms with van der Waals surface area (Å²) in [6, 6.07) is 21.7. The number of sulfonamides is 1. The van der Waals surface area contributed by atoms with Crippen LogP contribution in [0.4, 0.5) is 0 Å². The van der Waals surface area contributed by atoms with Gasteiger partial charge in [-0.2, -0.15) is 0 Å². The fraction of sp³-hybridized carbons (Fsp3) is 0.0952. The van der Waals surface area contributed by atoms with Crippen molar-refractivity contribution in [3.05, 3.63) is 90.3 Å². The summed E-state index contributed by atoms with van der Waals surface area (Å²) in [5.41, 5.74) is 2.75. The van der Waals surface area contributed by atoms with Crippen LogP contribution in [0.5, 0.6) is 0 Å². The van der Waals surface area contributed by atoms with Crippen LogP contribution in [-0.4, -0.2) is 35.6 Å². The van der Waals surface area contributed by atoms with Crippen molar-refractivity contribution >= 4 is 33.6 Å². The fourth-order valence-corrected chi connectivity index (χ4v) is 4.47. The number of aromatic nitrogens is 2. The lowest BCUT2D eigenvalue weighted by Crippen LogP contribution is -2.31. The lowest BCUT2D eigenvalue weighted by molar-refractivity contribution is 0.426. The molecule has 0 bridgehead atoms. The minimum absolute atomic E-state index is 0.171. The zero-order chi connectivity index (χ0) is 21.1. The smallest absolute Gasteiger partial charge is 0.423 e. The van der Waals surface area contributed by atoms with Gasteiger partial charge < -0.3 is 15.0 Å². The van der Waals surface area contributed by atoms with Crippen LogP contribution in [0.1, 0.15) is 17.4 Å². The number of nitrogens with one attached hydrogen (secondary N) is 2. The van der Waals surface area contributed by atoms with Gasteiger partial charge in [-0.05, 0) is 41.7 Å². The fourth-order valence-electron chi connectivity index (χ4n) is 3.25. The Morgan fingerprint density at radius 3 is 2.27 bits per heavy atom. The maximum atomic E-state index is 12.9. The molecule has 0 radical (unpaired) electrons. The number of benzene rings is 3. The van der Waals surface area contributed by atoms with Gasteiger partial charge in [0.2, 0.25) is 10.0 Å². The van der Waals surface area contributed by atoms with E-state index in [9.17, 15) is 18.5 Å². The first-order chi connectivity index (χ1) is 14.4. The maximum Gasteiger partial charge on any atom is 0.488 e. The predicted molar refractivity (Wildman–Crippen MR) is 116 cm³/mol. The molecule has 1 aromatic heterocycles. The molecule has 4 rings (SSSR count).